The number of phenolic OH excluding ortho intramolecular Hbond substituents is 1. The molecule has 37 heavy (non-hydrogen) atoms. The van der Waals surface area contributed by atoms with E-state index in [-0.39, 0.29) is 5.91 Å². The van der Waals surface area contributed by atoms with Crippen LogP contribution in [0.2, 0.25) is 0 Å². The van der Waals surface area contributed by atoms with Crippen molar-refractivity contribution in [3.05, 3.63) is 89.5 Å². The first-order chi connectivity index (χ1) is 17.8. The summed E-state index contributed by atoms with van der Waals surface area (Å²) in [6, 6.07) is 22.6. The summed E-state index contributed by atoms with van der Waals surface area (Å²) in [7, 11) is 6.00. The number of aromatic hydroxyl groups is 1. The molecule has 0 spiro atoms. The molecule has 198 valence electrons. The third-order valence-corrected chi connectivity index (χ3v) is 6.34. The van der Waals surface area contributed by atoms with Gasteiger partial charge in [0.15, 0.2) is 0 Å². The van der Waals surface area contributed by atoms with E-state index in [1.807, 2.05) is 92.5 Å². The second kappa shape index (κ2) is 15.6. The Morgan fingerprint density at radius 1 is 0.919 bits per heavy atom. The van der Waals surface area contributed by atoms with Crippen molar-refractivity contribution in [2.45, 2.75) is 39.5 Å². The van der Waals surface area contributed by atoms with Crippen LogP contribution in [-0.4, -0.2) is 61.3 Å². The smallest absolute Gasteiger partial charge is 0.253 e. The number of hydrogen-bond acceptors (Lipinski definition) is 4. The third-order valence-electron chi connectivity index (χ3n) is 6.34. The number of carbonyl (C=O) groups is 2. The molecule has 3 aromatic carbocycles. The lowest BCUT2D eigenvalue weighted by Crippen LogP contribution is -2.38. The third kappa shape index (κ3) is 9.85. The highest BCUT2D eigenvalue weighted by Gasteiger charge is 2.22. The van der Waals surface area contributed by atoms with Gasteiger partial charge in [0.2, 0.25) is 0 Å². The summed E-state index contributed by atoms with van der Waals surface area (Å²) < 4.78 is 0. The second-order valence-electron chi connectivity index (χ2n) is 9.79. The average Bonchev–Trinajstić information content (AvgIpc) is 2.93. The molecule has 0 aromatic heterocycles. The number of amides is 1. The standard InChI is InChI=1S/C15H14O2.C14H19NO.C3H9N/c1-2-12-9-14(7-8-15(12)17)13-5-3-11(10-16)4-6-13;1-2-12-8-10-15(11-9-12)14(16)13-6-4-3-5-7-13;1-4(2)3/h3-10,17H,2H2,1H3;3-7,12H,2,8-11H2,1H3;1-3H3. The number of rotatable bonds is 5. The topological polar surface area (TPSA) is 60.9 Å². The highest BCUT2D eigenvalue weighted by atomic mass is 16.3. The van der Waals surface area contributed by atoms with Gasteiger partial charge in [-0.25, -0.2) is 0 Å². The molecule has 1 saturated heterocycles. The number of carbonyl (C=O) groups excluding carboxylic acids is 2. The molecule has 1 aliphatic rings. The van der Waals surface area contributed by atoms with Gasteiger partial charge in [0.05, 0.1) is 0 Å². The van der Waals surface area contributed by atoms with Gasteiger partial charge >= 0.3 is 0 Å². The molecular weight excluding hydrogens is 460 g/mol. The van der Waals surface area contributed by atoms with Gasteiger partial charge < -0.3 is 14.9 Å². The number of nitrogens with zero attached hydrogens (tertiary/aromatic N) is 2. The van der Waals surface area contributed by atoms with E-state index in [4.69, 9.17) is 0 Å². The van der Waals surface area contributed by atoms with Crippen molar-refractivity contribution >= 4 is 12.2 Å². The van der Waals surface area contributed by atoms with Gasteiger partial charge in [0, 0.05) is 24.2 Å². The average molecular weight is 503 g/mol. The summed E-state index contributed by atoms with van der Waals surface area (Å²) in [5.41, 5.74) is 4.52. The molecular formula is C32H42N2O3. The van der Waals surface area contributed by atoms with E-state index in [9.17, 15) is 14.7 Å². The lowest BCUT2D eigenvalue weighted by molar-refractivity contribution is 0.0688. The van der Waals surface area contributed by atoms with Gasteiger partial charge in [0.25, 0.3) is 5.91 Å². The first-order valence-corrected chi connectivity index (χ1v) is 13.1. The molecule has 0 atom stereocenters. The quantitative estimate of drug-likeness (QED) is 0.401. The van der Waals surface area contributed by atoms with E-state index in [2.05, 4.69) is 6.92 Å². The molecule has 1 heterocycles. The maximum Gasteiger partial charge on any atom is 0.253 e. The number of aryl methyl sites for hydroxylation is 1. The van der Waals surface area contributed by atoms with E-state index in [1.165, 1.54) is 6.42 Å². The molecule has 0 bridgehead atoms. The van der Waals surface area contributed by atoms with E-state index in [0.717, 1.165) is 66.8 Å². The summed E-state index contributed by atoms with van der Waals surface area (Å²) in [4.78, 5) is 26.7. The Kier molecular flexibility index (Phi) is 12.6. The highest BCUT2D eigenvalue weighted by molar-refractivity contribution is 5.94. The van der Waals surface area contributed by atoms with Crippen LogP contribution in [0, 0.1) is 5.92 Å². The predicted octanol–water partition coefficient (Wildman–Crippen LogP) is 6.56. The monoisotopic (exact) mass is 502 g/mol. The molecule has 0 aliphatic carbocycles. The Labute approximate surface area is 222 Å². The Hall–Kier alpha value is -3.44. The zero-order chi connectivity index (χ0) is 27.2. The molecule has 3 aromatic rings. The van der Waals surface area contributed by atoms with Gasteiger partial charge in [-0.05, 0) is 87.3 Å². The maximum absolute atomic E-state index is 12.1. The number of phenols is 1. The van der Waals surface area contributed by atoms with E-state index >= 15 is 0 Å². The Bertz CT molecular complexity index is 1080. The zero-order valence-corrected chi connectivity index (χ0v) is 23.0. The minimum Gasteiger partial charge on any atom is -0.508 e. The highest BCUT2D eigenvalue weighted by Crippen LogP contribution is 2.26. The van der Waals surface area contributed by atoms with Crippen LogP contribution in [0.3, 0.4) is 0 Å². The van der Waals surface area contributed by atoms with Gasteiger partial charge in [-0.15, -0.1) is 0 Å². The van der Waals surface area contributed by atoms with Crippen LogP contribution in [0.25, 0.3) is 11.1 Å². The molecule has 1 amide bonds. The van der Waals surface area contributed by atoms with Crippen molar-refractivity contribution in [3.63, 3.8) is 0 Å². The summed E-state index contributed by atoms with van der Waals surface area (Å²) in [6.07, 6.45) is 5.20. The van der Waals surface area contributed by atoms with Crippen LogP contribution in [0.4, 0.5) is 0 Å². The summed E-state index contributed by atoms with van der Waals surface area (Å²) in [6.45, 7) is 6.09. The summed E-state index contributed by atoms with van der Waals surface area (Å²) in [5, 5.41) is 9.62. The van der Waals surface area contributed by atoms with Crippen molar-refractivity contribution in [1.82, 2.24) is 9.80 Å². The molecule has 0 unspecified atom stereocenters. The van der Waals surface area contributed by atoms with Gasteiger partial charge in [0.1, 0.15) is 12.0 Å². The zero-order valence-electron chi connectivity index (χ0n) is 23.0. The number of benzene rings is 3. The SMILES string of the molecule is CCC1CCN(C(=O)c2ccccc2)CC1.CCc1cc(-c2ccc(C=O)cc2)ccc1O.CN(C)C. The summed E-state index contributed by atoms with van der Waals surface area (Å²) >= 11 is 0. The van der Waals surface area contributed by atoms with Gasteiger partial charge in [-0.2, -0.15) is 0 Å². The van der Waals surface area contributed by atoms with Crippen LogP contribution in [-0.2, 0) is 6.42 Å². The molecule has 1 N–H and O–H groups in total. The van der Waals surface area contributed by atoms with Crippen molar-refractivity contribution in [2.75, 3.05) is 34.2 Å². The second-order valence-corrected chi connectivity index (χ2v) is 9.79. The molecule has 4 rings (SSSR count). The van der Waals surface area contributed by atoms with Crippen molar-refractivity contribution < 1.29 is 14.7 Å². The van der Waals surface area contributed by atoms with E-state index in [0.29, 0.717) is 11.3 Å². The Morgan fingerprint density at radius 2 is 1.49 bits per heavy atom. The van der Waals surface area contributed by atoms with E-state index in [1.54, 1.807) is 18.2 Å². The molecule has 5 heteroatoms. The number of aldehydes is 1. The lowest BCUT2D eigenvalue weighted by Gasteiger charge is -2.31. The van der Waals surface area contributed by atoms with Gasteiger partial charge in [-0.3, -0.25) is 9.59 Å². The fraction of sp³-hybridized carbons (Fsp3) is 0.375. The molecule has 0 saturated carbocycles. The largest absolute Gasteiger partial charge is 0.508 e. The fourth-order valence-corrected chi connectivity index (χ4v) is 4.11. The maximum atomic E-state index is 12.1. The minimum absolute atomic E-state index is 0.190. The van der Waals surface area contributed by atoms with Crippen LogP contribution >= 0.6 is 0 Å². The number of likely N-dealkylation sites (tertiary alicyclic amines) is 1. The van der Waals surface area contributed by atoms with Crippen LogP contribution in [0.15, 0.2) is 72.8 Å². The number of piperidine rings is 1. The molecule has 1 aliphatic heterocycles. The first-order valence-electron chi connectivity index (χ1n) is 13.1. The van der Waals surface area contributed by atoms with Crippen LogP contribution in [0.5, 0.6) is 5.75 Å². The van der Waals surface area contributed by atoms with Crippen LogP contribution < -0.4 is 0 Å². The predicted molar refractivity (Wildman–Crippen MR) is 153 cm³/mol. The van der Waals surface area contributed by atoms with Crippen LogP contribution in [0.1, 0.15) is 59.4 Å². The normalized spacial score (nSPS) is 13.2. The van der Waals surface area contributed by atoms with E-state index < -0.39 is 0 Å². The Balaban J connectivity index is 0.000000228. The molecule has 1 fully saturated rings. The first kappa shape index (κ1) is 29.8. The Morgan fingerprint density at radius 3 is 2.00 bits per heavy atom. The van der Waals surface area contributed by atoms with Crippen molar-refractivity contribution in [2.24, 2.45) is 5.92 Å². The minimum atomic E-state index is 0.190. The fourth-order valence-electron chi connectivity index (χ4n) is 4.11. The van der Waals surface area contributed by atoms with Gasteiger partial charge in [-0.1, -0.05) is 68.8 Å². The van der Waals surface area contributed by atoms with Crippen molar-refractivity contribution in [1.29, 1.82) is 0 Å². The molecule has 0 radical (unpaired) electrons. The van der Waals surface area contributed by atoms with Crippen molar-refractivity contribution in [3.8, 4) is 16.9 Å². The molecule has 5 nitrogen and oxygen atoms in total. The lowest BCUT2D eigenvalue weighted by atomic mass is 9.94. The number of hydrogen-bond donors (Lipinski definition) is 1. The summed E-state index contributed by atoms with van der Waals surface area (Å²) in [5.74, 6) is 1.34.